The highest BCUT2D eigenvalue weighted by atomic mass is 35.5. The molecule has 6 atom stereocenters. The monoisotopic (exact) mass is 426 g/mol. The van der Waals surface area contributed by atoms with Gasteiger partial charge in [0.15, 0.2) is 0 Å². The van der Waals surface area contributed by atoms with Crippen molar-refractivity contribution >= 4 is 11.6 Å². The molecule has 4 saturated heterocycles. The van der Waals surface area contributed by atoms with Crippen LogP contribution in [0.3, 0.4) is 0 Å². The van der Waals surface area contributed by atoms with Gasteiger partial charge in [-0.05, 0) is 63.7 Å². The van der Waals surface area contributed by atoms with Gasteiger partial charge < -0.3 is 19.5 Å². The number of morpholine rings is 1. The average Bonchev–Trinajstić information content (AvgIpc) is 2.99. The summed E-state index contributed by atoms with van der Waals surface area (Å²) in [6, 6.07) is 0.866. The van der Waals surface area contributed by atoms with Crippen molar-refractivity contribution in [3.05, 3.63) is 0 Å². The Kier molecular flexibility index (Phi) is 6.44. The summed E-state index contributed by atoms with van der Waals surface area (Å²) in [7, 11) is 0. The predicted octanol–water partition coefficient (Wildman–Crippen LogP) is 3.19. The van der Waals surface area contributed by atoms with Gasteiger partial charge in [-0.3, -0.25) is 4.90 Å². The van der Waals surface area contributed by atoms with E-state index in [9.17, 15) is 0 Å². The third-order valence-electron chi connectivity index (χ3n) is 8.62. The summed E-state index contributed by atoms with van der Waals surface area (Å²) < 4.78 is 19.1. The fourth-order valence-corrected chi connectivity index (χ4v) is 7.56. The van der Waals surface area contributed by atoms with Crippen LogP contribution in [0.4, 0.5) is 0 Å². The first-order valence-corrected chi connectivity index (χ1v) is 12.6. The van der Waals surface area contributed by atoms with Gasteiger partial charge in [0.05, 0.1) is 55.6 Å². The highest BCUT2D eigenvalue weighted by Crippen LogP contribution is 2.43. The van der Waals surface area contributed by atoms with E-state index in [0.717, 1.165) is 58.3 Å². The van der Waals surface area contributed by atoms with Crippen LogP contribution in [0.15, 0.2) is 0 Å². The fraction of sp³-hybridized carbons (Fsp3) is 1.00. The quantitative estimate of drug-likeness (QED) is 0.602. The molecule has 1 N–H and O–H groups in total. The molecule has 0 radical (unpaired) electrons. The highest BCUT2D eigenvalue weighted by molar-refractivity contribution is 6.21. The van der Waals surface area contributed by atoms with Crippen LogP contribution in [0.25, 0.3) is 0 Å². The molecule has 0 aromatic rings. The molecule has 6 rings (SSSR count). The maximum absolute atomic E-state index is 6.82. The topological polar surface area (TPSA) is 43.0 Å². The number of nitrogens with one attached hydrogen (secondary N) is 1. The zero-order valence-electron chi connectivity index (χ0n) is 18.0. The Morgan fingerprint density at radius 1 is 1.03 bits per heavy atom. The van der Waals surface area contributed by atoms with Gasteiger partial charge in [-0.2, -0.15) is 0 Å². The van der Waals surface area contributed by atoms with Crippen LogP contribution >= 0.6 is 11.6 Å². The summed E-state index contributed by atoms with van der Waals surface area (Å²) in [4.78, 5) is 2.63. The number of halogens is 1. The van der Waals surface area contributed by atoms with Crippen LogP contribution in [-0.2, 0) is 14.2 Å². The van der Waals surface area contributed by atoms with Crippen molar-refractivity contribution in [3.8, 4) is 0 Å². The molecule has 2 aliphatic carbocycles. The normalized spacial score (nSPS) is 49.7. The van der Waals surface area contributed by atoms with Crippen molar-refractivity contribution in [1.29, 1.82) is 0 Å². The van der Waals surface area contributed by atoms with E-state index in [1.165, 1.54) is 38.5 Å². The molecule has 0 amide bonds. The van der Waals surface area contributed by atoms with Crippen LogP contribution in [0, 0.1) is 11.8 Å². The summed E-state index contributed by atoms with van der Waals surface area (Å²) in [6.45, 7) is 7.45. The lowest BCUT2D eigenvalue weighted by Crippen LogP contribution is -2.63. The van der Waals surface area contributed by atoms with Crippen molar-refractivity contribution < 1.29 is 14.2 Å². The van der Waals surface area contributed by atoms with Crippen LogP contribution < -0.4 is 5.32 Å². The van der Waals surface area contributed by atoms with Gasteiger partial charge in [-0.1, -0.05) is 6.42 Å². The molecule has 6 unspecified atom stereocenters. The third kappa shape index (κ3) is 4.12. The number of hydrogen-bond acceptors (Lipinski definition) is 5. The Hall–Kier alpha value is 0.0900. The van der Waals surface area contributed by atoms with E-state index < -0.39 is 0 Å². The van der Waals surface area contributed by atoms with E-state index in [-0.39, 0.29) is 17.0 Å². The molecule has 1 spiro atoms. The zero-order chi connectivity index (χ0) is 19.8. The maximum Gasteiger partial charge on any atom is 0.0769 e. The number of alkyl halides is 1. The smallest absolute Gasteiger partial charge is 0.0769 e. The van der Waals surface area contributed by atoms with Crippen LogP contribution in [0.1, 0.15) is 58.3 Å². The van der Waals surface area contributed by atoms with Gasteiger partial charge in [-0.25, -0.2) is 0 Å². The summed E-state index contributed by atoms with van der Waals surface area (Å²) in [5, 5.41) is 4.02. The third-order valence-corrected chi connectivity index (χ3v) is 9.08. The molecule has 6 fully saturated rings. The Morgan fingerprint density at radius 3 is 2.69 bits per heavy atom. The molecular formula is C23H39ClN2O3. The first-order chi connectivity index (χ1) is 14.2. The number of rotatable bonds is 0. The highest BCUT2D eigenvalue weighted by Gasteiger charge is 2.52. The van der Waals surface area contributed by atoms with Gasteiger partial charge in [0.2, 0.25) is 0 Å². The molecule has 29 heavy (non-hydrogen) atoms. The van der Waals surface area contributed by atoms with Crippen molar-refractivity contribution in [2.24, 2.45) is 11.8 Å². The van der Waals surface area contributed by atoms with E-state index in [4.69, 9.17) is 25.8 Å². The van der Waals surface area contributed by atoms with Crippen LogP contribution in [-0.4, -0.2) is 79.6 Å². The standard InChI is InChI=1S/C23H39ClN2O3/c1-16-13-23(15-27-11-9-25-23)21-14-29-18-7-5-17(6-8-18)19-3-2-4-20(24)22(19)28-12-10-26(16)21/h16-22,25H,2-15H2,1H3. The zero-order valence-corrected chi connectivity index (χ0v) is 18.7. The van der Waals surface area contributed by atoms with Crippen molar-refractivity contribution in [1.82, 2.24) is 10.2 Å². The van der Waals surface area contributed by atoms with Gasteiger partial charge in [-0.15, -0.1) is 11.6 Å². The molecule has 4 heterocycles. The lowest BCUT2D eigenvalue weighted by molar-refractivity contribution is -0.0508. The minimum Gasteiger partial charge on any atom is -0.378 e. The Balaban J connectivity index is 1.37. The predicted molar refractivity (Wildman–Crippen MR) is 115 cm³/mol. The van der Waals surface area contributed by atoms with Gasteiger partial charge in [0.25, 0.3) is 0 Å². The Labute approximate surface area is 181 Å². The first kappa shape index (κ1) is 21.0. The van der Waals surface area contributed by atoms with Crippen molar-refractivity contribution in [3.63, 3.8) is 0 Å². The van der Waals surface area contributed by atoms with Crippen molar-refractivity contribution in [2.45, 2.75) is 93.5 Å². The molecule has 0 aromatic heterocycles. The molecule has 166 valence electrons. The summed E-state index contributed by atoms with van der Waals surface area (Å²) in [5.74, 6) is 1.40. The summed E-state index contributed by atoms with van der Waals surface area (Å²) >= 11 is 6.82. The van der Waals surface area contributed by atoms with Gasteiger partial charge in [0.1, 0.15) is 0 Å². The number of ether oxygens (including phenoxy) is 3. The molecule has 2 bridgehead atoms. The van der Waals surface area contributed by atoms with E-state index in [1.54, 1.807) is 0 Å². The number of nitrogens with zero attached hydrogens (tertiary/aromatic N) is 1. The molecular weight excluding hydrogens is 388 g/mol. The Bertz CT molecular complexity index is 550. The lowest BCUT2D eigenvalue weighted by atomic mass is 9.71. The van der Waals surface area contributed by atoms with Crippen LogP contribution in [0.5, 0.6) is 0 Å². The van der Waals surface area contributed by atoms with Gasteiger partial charge >= 0.3 is 0 Å². The molecule has 2 saturated carbocycles. The second kappa shape index (κ2) is 8.91. The molecule has 6 aliphatic rings. The largest absolute Gasteiger partial charge is 0.378 e. The molecule has 4 aliphatic heterocycles. The summed E-state index contributed by atoms with van der Waals surface area (Å²) in [6.07, 6.45) is 10.4. The number of fused-ring (bicyclic) bond motifs is 5. The summed E-state index contributed by atoms with van der Waals surface area (Å²) in [5.41, 5.74) is 0.0252. The molecule has 6 heteroatoms. The second-order valence-electron chi connectivity index (χ2n) is 10.3. The first-order valence-electron chi connectivity index (χ1n) is 12.1. The average molecular weight is 427 g/mol. The molecule has 0 aromatic carbocycles. The van der Waals surface area contributed by atoms with Crippen molar-refractivity contribution in [2.75, 3.05) is 39.5 Å². The second-order valence-corrected chi connectivity index (χ2v) is 10.8. The Morgan fingerprint density at radius 2 is 1.90 bits per heavy atom. The fourth-order valence-electron chi connectivity index (χ4n) is 7.14. The lowest BCUT2D eigenvalue weighted by Gasteiger charge is -2.42. The number of hydrogen-bond donors (Lipinski definition) is 1. The van der Waals surface area contributed by atoms with E-state index in [1.807, 2.05) is 0 Å². The van der Waals surface area contributed by atoms with Crippen LogP contribution in [0.2, 0.25) is 0 Å². The van der Waals surface area contributed by atoms with Gasteiger partial charge in [0, 0.05) is 19.1 Å². The minimum atomic E-state index is 0.0252. The minimum absolute atomic E-state index is 0.0252. The SMILES string of the molecule is CC1CC2(COCCN2)C2COC3CCC(CC3)C3CCCC(Cl)C3OCCN12. The van der Waals surface area contributed by atoms with E-state index >= 15 is 0 Å². The van der Waals surface area contributed by atoms with E-state index in [0.29, 0.717) is 24.1 Å². The van der Waals surface area contributed by atoms with E-state index in [2.05, 4.69) is 17.1 Å². The molecule has 5 nitrogen and oxygen atoms in total. The maximum atomic E-state index is 6.82.